The van der Waals surface area contributed by atoms with Crippen molar-refractivity contribution in [2.45, 2.75) is 52.4 Å². The van der Waals surface area contributed by atoms with Gasteiger partial charge in [0.1, 0.15) is 5.60 Å². The predicted octanol–water partition coefficient (Wildman–Crippen LogP) is 1.08. The molecule has 7 nitrogen and oxygen atoms in total. The Kier molecular flexibility index (Phi) is 7.28. The van der Waals surface area contributed by atoms with E-state index >= 15 is 0 Å². The standard InChI is InChI=1S/C16H31N3O4/c1-12(13(2)22-6)17-11-14(20)18-7-9-19(10-8-18)15(21)23-16(3,4)5/h12-13,17H,7-11H2,1-6H3. The van der Waals surface area contributed by atoms with E-state index in [9.17, 15) is 9.59 Å². The maximum Gasteiger partial charge on any atom is 0.410 e. The Balaban J connectivity index is 2.35. The van der Waals surface area contributed by atoms with E-state index in [4.69, 9.17) is 9.47 Å². The molecule has 1 rings (SSSR count). The number of hydrogen-bond donors (Lipinski definition) is 1. The molecule has 134 valence electrons. The van der Waals surface area contributed by atoms with Crippen LogP contribution in [0.3, 0.4) is 0 Å². The fourth-order valence-corrected chi connectivity index (χ4v) is 2.20. The number of rotatable bonds is 5. The van der Waals surface area contributed by atoms with Gasteiger partial charge in [0.05, 0.1) is 12.6 Å². The van der Waals surface area contributed by atoms with Crippen molar-refractivity contribution < 1.29 is 19.1 Å². The topological polar surface area (TPSA) is 71.1 Å². The van der Waals surface area contributed by atoms with Crippen LogP contribution in [-0.4, -0.2) is 79.4 Å². The van der Waals surface area contributed by atoms with E-state index in [1.54, 1.807) is 16.9 Å². The van der Waals surface area contributed by atoms with Crippen LogP contribution in [-0.2, 0) is 14.3 Å². The van der Waals surface area contributed by atoms with Crippen LogP contribution in [0, 0.1) is 0 Å². The molecule has 0 spiro atoms. The highest BCUT2D eigenvalue weighted by Crippen LogP contribution is 2.12. The second-order valence-electron chi connectivity index (χ2n) is 6.96. The zero-order chi connectivity index (χ0) is 17.6. The number of piperazine rings is 1. The van der Waals surface area contributed by atoms with Gasteiger partial charge in [-0.1, -0.05) is 0 Å². The minimum atomic E-state index is -0.498. The number of nitrogens with one attached hydrogen (secondary N) is 1. The van der Waals surface area contributed by atoms with Crippen LogP contribution in [0.1, 0.15) is 34.6 Å². The molecule has 0 aliphatic carbocycles. The third-order valence-corrected chi connectivity index (χ3v) is 3.94. The van der Waals surface area contributed by atoms with Crippen LogP contribution in [0.15, 0.2) is 0 Å². The van der Waals surface area contributed by atoms with E-state index in [1.807, 2.05) is 34.6 Å². The molecule has 1 heterocycles. The van der Waals surface area contributed by atoms with Crippen LogP contribution in [0.4, 0.5) is 4.79 Å². The van der Waals surface area contributed by atoms with Crippen LogP contribution in [0.2, 0.25) is 0 Å². The average molecular weight is 329 g/mol. The first-order chi connectivity index (χ1) is 10.6. The highest BCUT2D eigenvalue weighted by atomic mass is 16.6. The maximum atomic E-state index is 12.2. The lowest BCUT2D eigenvalue weighted by atomic mass is 10.2. The van der Waals surface area contributed by atoms with Crippen molar-refractivity contribution >= 4 is 12.0 Å². The van der Waals surface area contributed by atoms with E-state index in [0.717, 1.165) is 0 Å². The van der Waals surface area contributed by atoms with Gasteiger partial charge in [0.25, 0.3) is 0 Å². The lowest BCUT2D eigenvalue weighted by Gasteiger charge is -2.36. The van der Waals surface area contributed by atoms with Crippen molar-refractivity contribution in [2.75, 3.05) is 39.8 Å². The van der Waals surface area contributed by atoms with Gasteiger partial charge in [-0.3, -0.25) is 4.79 Å². The molecule has 1 fully saturated rings. The lowest BCUT2D eigenvalue weighted by molar-refractivity contribution is -0.132. The largest absolute Gasteiger partial charge is 0.444 e. The van der Waals surface area contributed by atoms with Crippen LogP contribution >= 0.6 is 0 Å². The minimum absolute atomic E-state index is 0.0454. The Hall–Kier alpha value is -1.34. The van der Waals surface area contributed by atoms with Gasteiger partial charge in [-0.25, -0.2) is 4.79 Å². The summed E-state index contributed by atoms with van der Waals surface area (Å²) >= 11 is 0. The fourth-order valence-electron chi connectivity index (χ4n) is 2.20. The molecular weight excluding hydrogens is 298 g/mol. The monoisotopic (exact) mass is 329 g/mol. The van der Waals surface area contributed by atoms with Crippen molar-refractivity contribution in [1.82, 2.24) is 15.1 Å². The molecule has 0 radical (unpaired) electrons. The Morgan fingerprint density at radius 2 is 1.61 bits per heavy atom. The van der Waals surface area contributed by atoms with Gasteiger partial charge < -0.3 is 24.6 Å². The summed E-state index contributed by atoms with van der Waals surface area (Å²) in [6.07, 6.45) is -0.267. The van der Waals surface area contributed by atoms with Crippen LogP contribution in [0.25, 0.3) is 0 Å². The lowest BCUT2D eigenvalue weighted by Crippen LogP contribution is -2.54. The second-order valence-corrected chi connectivity index (χ2v) is 6.96. The van der Waals surface area contributed by atoms with Gasteiger partial charge in [-0.15, -0.1) is 0 Å². The molecule has 0 aromatic rings. The average Bonchev–Trinajstić information content (AvgIpc) is 2.49. The zero-order valence-electron chi connectivity index (χ0n) is 15.2. The quantitative estimate of drug-likeness (QED) is 0.817. The molecule has 1 saturated heterocycles. The highest BCUT2D eigenvalue weighted by molar-refractivity contribution is 5.78. The number of carbonyl (C=O) groups excluding carboxylic acids is 2. The van der Waals surface area contributed by atoms with E-state index in [2.05, 4.69) is 5.32 Å². The van der Waals surface area contributed by atoms with Gasteiger partial charge in [-0.2, -0.15) is 0 Å². The summed E-state index contributed by atoms with van der Waals surface area (Å²) in [4.78, 5) is 27.6. The van der Waals surface area contributed by atoms with Crippen molar-refractivity contribution in [3.8, 4) is 0 Å². The number of ether oxygens (including phenoxy) is 2. The van der Waals surface area contributed by atoms with Crippen molar-refractivity contribution in [3.63, 3.8) is 0 Å². The predicted molar refractivity (Wildman–Crippen MR) is 88.3 cm³/mol. The van der Waals surface area contributed by atoms with Gasteiger partial charge in [0.15, 0.2) is 0 Å². The molecule has 2 amide bonds. The number of nitrogens with zero attached hydrogens (tertiary/aromatic N) is 2. The number of carbonyl (C=O) groups is 2. The second kappa shape index (κ2) is 8.49. The summed E-state index contributed by atoms with van der Waals surface area (Å²) in [7, 11) is 1.65. The van der Waals surface area contributed by atoms with E-state index in [-0.39, 0.29) is 30.7 Å². The van der Waals surface area contributed by atoms with Crippen molar-refractivity contribution in [1.29, 1.82) is 0 Å². The third kappa shape index (κ3) is 6.74. The first-order valence-electron chi connectivity index (χ1n) is 8.16. The number of methoxy groups -OCH3 is 1. The van der Waals surface area contributed by atoms with Crippen molar-refractivity contribution in [2.24, 2.45) is 0 Å². The third-order valence-electron chi connectivity index (χ3n) is 3.94. The van der Waals surface area contributed by atoms with E-state index in [1.165, 1.54) is 0 Å². The SMILES string of the molecule is COC(C)C(C)NCC(=O)N1CCN(C(=O)OC(C)(C)C)CC1. The van der Waals surface area contributed by atoms with E-state index < -0.39 is 5.60 Å². The Labute approximate surface area is 139 Å². The summed E-state index contributed by atoms with van der Waals surface area (Å²) in [5.74, 6) is 0.0454. The molecule has 1 aliphatic rings. The molecule has 1 N–H and O–H groups in total. The van der Waals surface area contributed by atoms with Crippen LogP contribution < -0.4 is 5.32 Å². The molecule has 2 unspecified atom stereocenters. The zero-order valence-corrected chi connectivity index (χ0v) is 15.2. The Morgan fingerprint density at radius 3 is 2.09 bits per heavy atom. The maximum absolute atomic E-state index is 12.2. The Morgan fingerprint density at radius 1 is 1.09 bits per heavy atom. The molecule has 0 aromatic carbocycles. The molecular formula is C16H31N3O4. The first kappa shape index (κ1) is 19.7. The van der Waals surface area contributed by atoms with Gasteiger partial charge >= 0.3 is 6.09 Å². The fraction of sp³-hybridized carbons (Fsp3) is 0.875. The molecule has 23 heavy (non-hydrogen) atoms. The molecule has 7 heteroatoms. The van der Waals surface area contributed by atoms with Crippen LogP contribution in [0.5, 0.6) is 0 Å². The first-order valence-corrected chi connectivity index (χ1v) is 8.16. The highest BCUT2D eigenvalue weighted by Gasteiger charge is 2.27. The molecule has 0 aromatic heterocycles. The van der Waals surface area contributed by atoms with Crippen molar-refractivity contribution in [3.05, 3.63) is 0 Å². The van der Waals surface area contributed by atoms with Gasteiger partial charge in [0, 0.05) is 39.3 Å². The molecule has 0 bridgehead atoms. The summed E-state index contributed by atoms with van der Waals surface area (Å²) in [6.45, 7) is 11.8. The van der Waals surface area contributed by atoms with Gasteiger partial charge in [0.2, 0.25) is 5.91 Å². The summed E-state index contributed by atoms with van der Waals surface area (Å²) < 4.78 is 10.6. The van der Waals surface area contributed by atoms with E-state index in [0.29, 0.717) is 26.2 Å². The molecule has 0 saturated carbocycles. The van der Waals surface area contributed by atoms with Gasteiger partial charge in [-0.05, 0) is 34.6 Å². The normalized spacial score (nSPS) is 18.5. The summed E-state index contributed by atoms with van der Waals surface area (Å²) in [6, 6.07) is 0.104. The number of amides is 2. The Bertz CT molecular complexity index is 401. The minimum Gasteiger partial charge on any atom is -0.444 e. The smallest absolute Gasteiger partial charge is 0.410 e. The summed E-state index contributed by atoms with van der Waals surface area (Å²) in [5.41, 5.74) is -0.498. The number of hydrogen-bond acceptors (Lipinski definition) is 5. The molecule has 2 atom stereocenters. The molecule has 1 aliphatic heterocycles. The summed E-state index contributed by atoms with van der Waals surface area (Å²) in [5, 5.41) is 3.17.